The number of tetrazole rings is 1. The van der Waals surface area contributed by atoms with Gasteiger partial charge < -0.3 is 4.90 Å². The SMILES string of the molecule is O=S(=O)(c1ccc(C(F)(F)F)cc1)N1CCN(c2ccc3nnnn3n2)CC1. The van der Waals surface area contributed by atoms with E-state index in [1.54, 1.807) is 12.1 Å². The van der Waals surface area contributed by atoms with Crippen molar-refractivity contribution in [3.63, 3.8) is 0 Å². The molecule has 4 rings (SSSR count). The molecular formula is C15H14F3N7O2S. The van der Waals surface area contributed by atoms with Crippen molar-refractivity contribution in [1.82, 2.24) is 29.6 Å². The van der Waals surface area contributed by atoms with Gasteiger partial charge in [-0.15, -0.1) is 14.8 Å². The second kappa shape index (κ2) is 6.67. The number of sulfonamides is 1. The molecule has 13 heteroatoms. The highest BCUT2D eigenvalue weighted by atomic mass is 32.2. The normalized spacial score (nSPS) is 16.6. The van der Waals surface area contributed by atoms with Crippen LogP contribution in [0.5, 0.6) is 0 Å². The van der Waals surface area contributed by atoms with E-state index in [9.17, 15) is 21.6 Å². The van der Waals surface area contributed by atoms with Crippen LogP contribution in [0.15, 0.2) is 41.3 Å². The molecule has 0 spiro atoms. The molecule has 3 aromatic rings. The molecule has 0 N–H and O–H groups in total. The van der Waals surface area contributed by atoms with E-state index < -0.39 is 21.8 Å². The third-order valence-electron chi connectivity index (χ3n) is 4.44. The molecule has 1 aromatic carbocycles. The van der Waals surface area contributed by atoms with Crippen molar-refractivity contribution in [3.8, 4) is 0 Å². The number of anilines is 1. The maximum Gasteiger partial charge on any atom is 0.416 e. The first-order valence-corrected chi connectivity index (χ1v) is 9.67. The van der Waals surface area contributed by atoms with Crippen LogP contribution in [-0.2, 0) is 16.2 Å². The molecule has 0 radical (unpaired) electrons. The van der Waals surface area contributed by atoms with E-state index in [1.807, 2.05) is 4.90 Å². The zero-order chi connectivity index (χ0) is 19.9. The molecule has 1 saturated heterocycles. The van der Waals surface area contributed by atoms with Gasteiger partial charge in [-0.25, -0.2) is 8.42 Å². The van der Waals surface area contributed by atoms with Crippen molar-refractivity contribution in [3.05, 3.63) is 42.0 Å². The summed E-state index contributed by atoms with van der Waals surface area (Å²) in [5.74, 6) is 0.603. The molecule has 1 aliphatic heterocycles. The first-order chi connectivity index (χ1) is 13.2. The van der Waals surface area contributed by atoms with Crippen LogP contribution in [0.4, 0.5) is 19.0 Å². The number of aromatic nitrogens is 5. The van der Waals surface area contributed by atoms with Crippen LogP contribution in [0.2, 0.25) is 0 Å². The Morgan fingerprint density at radius 3 is 2.25 bits per heavy atom. The summed E-state index contributed by atoms with van der Waals surface area (Å²) in [4.78, 5) is 1.72. The maximum atomic E-state index is 12.7. The fraction of sp³-hybridized carbons (Fsp3) is 0.333. The Balaban J connectivity index is 1.47. The molecule has 0 unspecified atom stereocenters. The zero-order valence-electron chi connectivity index (χ0n) is 14.3. The fourth-order valence-corrected chi connectivity index (χ4v) is 4.35. The highest BCUT2D eigenvalue weighted by Crippen LogP contribution is 2.30. The Hall–Kier alpha value is -2.80. The summed E-state index contributed by atoms with van der Waals surface area (Å²) in [5.41, 5.74) is -0.396. The molecule has 148 valence electrons. The quantitative estimate of drug-likeness (QED) is 0.633. The predicted molar refractivity (Wildman–Crippen MR) is 91.0 cm³/mol. The molecule has 0 bridgehead atoms. The number of piperazine rings is 1. The van der Waals surface area contributed by atoms with Gasteiger partial charge >= 0.3 is 6.18 Å². The average molecular weight is 413 g/mol. The molecule has 0 atom stereocenters. The lowest BCUT2D eigenvalue weighted by molar-refractivity contribution is -0.137. The summed E-state index contributed by atoms with van der Waals surface area (Å²) in [7, 11) is -3.87. The van der Waals surface area contributed by atoms with Gasteiger partial charge in [-0.05, 0) is 46.8 Å². The van der Waals surface area contributed by atoms with Crippen LogP contribution >= 0.6 is 0 Å². The summed E-state index contributed by atoms with van der Waals surface area (Å²) in [6, 6.07) is 6.96. The number of halogens is 3. The van der Waals surface area contributed by atoms with E-state index in [2.05, 4.69) is 20.6 Å². The maximum absolute atomic E-state index is 12.7. The van der Waals surface area contributed by atoms with Gasteiger partial charge in [0.25, 0.3) is 0 Å². The molecule has 0 aliphatic carbocycles. The number of rotatable bonds is 3. The fourth-order valence-electron chi connectivity index (χ4n) is 2.93. The first-order valence-electron chi connectivity index (χ1n) is 8.23. The van der Waals surface area contributed by atoms with Gasteiger partial charge in [0.2, 0.25) is 10.0 Å². The average Bonchev–Trinajstić information content (AvgIpc) is 3.15. The summed E-state index contributed by atoms with van der Waals surface area (Å²) >= 11 is 0. The molecule has 3 heterocycles. The minimum Gasteiger partial charge on any atom is -0.352 e. The van der Waals surface area contributed by atoms with E-state index in [-0.39, 0.29) is 18.0 Å². The van der Waals surface area contributed by atoms with Gasteiger partial charge in [0.1, 0.15) is 0 Å². The number of benzene rings is 1. The van der Waals surface area contributed by atoms with E-state index in [0.29, 0.717) is 24.6 Å². The van der Waals surface area contributed by atoms with Gasteiger partial charge in [0.15, 0.2) is 11.5 Å². The molecule has 1 aliphatic rings. The molecule has 0 saturated carbocycles. The molecular weight excluding hydrogens is 399 g/mol. The van der Waals surface area contributed by atoms with Crippen LogP contribution in [0, 0.1) is 0 Å². The lowest BCUT2D eigenvalue weighted by atomic mass is 10.2. The lowest BCUT2D eigenvalue weighted by Gasteiger charge is -2.34. The van der Waals surface area contributed by atoms with Gasteiger partial charge in [0, 0.05) is 26.2 Å². The molecule has 28 heavy (non-hydrogen) atoms. The molecule has 2 aromatic heterocycles. The number of hydrogen-bond donors (Lipinski definition) is 0. The Kier molecular flexibility index (Phi) is 4.42. The number of nitrogens with zero attached hydrogens (tertiary/aromatic N) is 7. The zero-order valence-corrected chi connectivity index (χ0v) is 15.1. The summed E-state index contributed by atoms with van der Waals surface area (Å²) in [6.45, 7) is 1.11. The monoisotopic (exact) mass is 413 g/mol. The van der Waals surface area contributed by atoms with Crippen LogP contribution in [0.25, 0.3) is 5.65 Å². The number of hydrogen-bond acceptors (Lipinski definition) is 7. The molecule has 1 fully saturated rings. The van der Waals surface area contributed by atoms with E-state index in [4.69, 9.17) is 0 Å². The smallest absolute Gasteiger partial charge is 0.352 e. The van der Waals surface area contributed by atoms with E-state index in [0.717, 1.165) is 24.3 Å². The van der Waals surface area contributed by atoms with Crippen molar-refractivity contribution >= 4 is 21.5 Å². The first kappa shape index (κ1) is 18.6. The summed E-state index contributed by atoms with van der Waals surface area (Å²) in [6.07, 6.45) is -4.51. The lowest BCUT2D eigenvalue weighted by Crippen LogP contribution is -2.49. The second-order valence-electron chi connectivity index (χ2n) is 6.13. The third-order valence-corrected chi connectivity index (χ3v) is 6.35. The van der Waals surface area contributed by atoms with Crippen molar-refractivity contribution in [1.29, 1.82) is 0 Å². The van der Waals surface area contributed by atoms with E-state index >= 15 is 0 Å². The van der Waals surface area contributed by atoms with Crippen molar-refractivity contribution in [2.75, 3.05) is 31.1 Å². The highest BCUT2D eigenvalue weighted by Gasteiger charge is 2.32. The molecule has 0 amide bonds. The van der Waals surface area contributed by atoms with Gasteiger partial charge in [0.05, 0.1) is 10.5 Å². The largest absolute Gasteiger partial charge is 0.416 e. The topological polar surface area (TPSA) is 96.6 Å². The van der Waals surface area contributed by atoms with Crippen LogP contribution in [0.3, 0.4) is 0 Å². The van der Waals surface area contributed by atoms with Crippen LogP contribution in [-0.4, -0.2) is 64.2 Å². The Morgan fingerprint density at radius 2 is 1.61 bits per heavy atom. The van der Waals surface area contributed by atoms with Gasteiger partial charge in [-0.1, -0.05) is 0 Å². The van der Waals surface area contributed by atoms with Gasteiger partial charge in [-0.3, -0.25) is 0 Å². The summed E-state index contributed by atoms with van der Waals surface area (Å²) in [5, 5.41) is 15.3. The standard InChI is InChI=1S/C15H14F3N7O2S/c16-15(17,18)11-1-3-12(4-2-11)28(26,27)24-9-7-23(8-10-24)14-6-5-13-19-21-22-25(13)20-14/h1-6H,7-10H2. The minimum atomic E-state index is -4.51. The Bertz CT molecular complexity index is 1090. The number of alkyl halides is 3. The van der Waals surface area contributed by atoms with Gasteiger partial charge in [-0.2, -0.15) is 17.5 Å². The predicted octanol–water partition coefficient (Wildman–Crippen LogP) is 1.05. The second-order valence-corrected chi connectivity index (χ2v) is 8.07. The van der Waals surface area contributed by atoms with Crippen molar-refractivity contribution in [2.24, 2.45) is 0 Å². The number of fused-ring (bicyclic) bond motifs is 1. The minimum absolute atomic E-state index is 0.165. The summed E-state index contributed by atoms with van der Waals surface area (Å²) < 4.78 is 66.0. The van der Waals surface area contributed by atoms with Crippen LogP contribution in [0.1, 0.15) is 5.56 Å². The van der Waals surface area contributed by atoms with E-state index in [1.165, 1.54) is 8.94 Å². The molecule has 9 nitrogen and oxygen atoms in total. The highest BCUT2D eigenvalue weighted by molar-refractivity contribution is 7.89. The van der Waals surface area contributed by atoms with Crippen molar-refractivity contribution < 1.29 is 21.6 Å². The third kappa shape index (κ3) is 3.38. The Morgan fingerprint density at radius 1 is 0.929 bits per heavy atom. The Labute approximate surface area is 157 Å². The van der Waals surface area contributed by atoms with Crippen LogP contribution < -0.4 is 4.90 Å². The van der Waals surface area contributed by atoms with Crippen molar-refractivity contribution in [2.45, 2.75) is 11.1 Å².